The number of amides is 2. The van der Waals surface area contributed by atoms with Gasteiger partial charge in [0, 0.05) is 17.4 Å². The third kappa shape index (κ3) is 4.44. The molecule has 0 radical (unpaired) electrons. The molecule has 0 aliphatic heterocycles. The van der Waals surface area contributed by atoms with Gasteiger partial charge in [-0.15, -0.1) is 0 Å². The number of nitrogens with zero attached hydrogens (tertiary/aromatic N) is 4. The van der Waals surface area contributed by atoms with E-state index in [-0.39, 0.29) is 12.4 Å². The van der Waals surface area contributed by atoms with E-state index >= 15 is 0 Å². The minimum absolute atomic E-state index is 0.0864. The Labute approximate surface area is 189 Å². The standard InChI is InChI=1S/C22H15F4N7O/c1-28-9-13-10-33-19(20(27)29-11-30-33)18(13)12-2-5-15(6-3-12)31-21(34)32-17-8-14(22(24,25)26)4-7-16(17)23/h2-8,10-11H,9H2,(H2,27,29,30)(H2,31,32,34). The summed E-state index contributed by atoms with van der Waals surface area (Å²) in [5.74, 6) is -0.780. The van der Waals surface area contributed by atoms with Crippen molar-refractivity contribution in [2.24, 2.45) is 0 Å². The topological polar surface area (TPSA) is 102 Å². The summed E-state index contributed by atoms with van der Waals surface area (Å²) in [6, 6.07) is 7.22. The Hall–Kier alpha value is -4.66. The lowest BCUT2D eigenvalue weighted by Crippen LogP contribution is -2.20. The molecule has 0 saturated heterocycles. The van der Waals surface area contributed by atoms with Crippen molar-refractivity contribution in [2.45, 2.75) is 12.7 Å². The van der Waals surface area contributed by atoms with Gasteiger partial charge in [0.2, 0.25) is 6.54 Å². The number of alkyl halides is 3. The normalized spacial score (nSPS) is 11.3. The van der Waals surface area contributed by atoms with Crippen LogP contribution in [0.25, 0.3) is 21.5 Å². The number of nitrogen functional groups attached to an aromatic ring is 1. The summed E-state index contributed by atoms with van der Waals surface area (Å²) >= 11 is 0. The number of aromatic nitrogens is 3. The maximum Gasteiger partial charge on any atom is 0.416 e. The van der Waals surface area contributed by atoms with E-state index in [1.54, 1.807) is 30.5 Å². The fraction of sp³-hybridized carbons (Fsp3) is 0.0909. The Morgan fingerprint density at radius 3 is 2.56 bits per heavy atom. The number of carbonyl (C=O) groups excluding carboxylic acids is 1. The van der Waals surface area contributed by atoms with Gasteiger partial charge < -0.3 is 21.2 Å². The zero-order valence-corrected chi connectivity index (χ0v) is 17.2. The summed E-state index contributed by atoms with van der Waals surface area (Å²) in [5, 5.41) is 8.62. The Morgan fingerprint density at radius 2 is 1.88 bits per heavy atom. The second-order valence-electron chi connectivity index (χ2n) is 7.13. The minimum Gasteiger partial charge on any atom is -0.382 e. The molecule has 172 valence electrons. The van der Waals surface area contributed by atoms with Crippen molar-refractivity contribution in [1.29, 1.82) is 0 Å². The van der Waals surface area contributed by atoms with E-state index in [0.29, 0.717) is 46.1 Å². The minimum atomic E-state index is -4.68. The van der Waals surface area contributed by atoms with Gasteiger partial charge in [0.1, 0.15) is 17.7 Å². The van der Waals surface area contributed by atoms with E-state index in [9.17, 15) is 22.4 Å². The van der Waals surface area contributed by atoms with Gasteiger partial charge in [0.25, 0.3) is 0 Å². The van der Waals surface area contributed by atoms with Crippen molar-refractivity contribution in [3.63, 3.8) is 0 Å². The van der Waals surface area contributed by atoms with Crippen LogP contribution in [0.4, 0.5) is 39.5 Å². The number of rotatable bonds is 4. The third-order valence-electron chi connectivity index (χ3n) is 4.90. The predicted molar refractivity (Wildman–Crippen MR) is 117 cm³/mol. The second kappa shape index (κ2) is 8.70. The molecule has 0 unspecified atom stereocenters. The number of hydrogen-bond acceptors (Lipinski definition) is 4. The Bertz CT molecular complexity index is 1420. The van der Waals surface area contributed by atoms with Crippen LogP contribution in [0.1, 0.15) is 11.1 Å². The van der Waals surface area contributed by atoms with Gasteiger partial charge in [-0.05, 0) is 35.9 Å². The lowest BCUT2D eigenvalue weighted by Gasteiger charge is -2.12. The summed E-state index contributed by atoms with van der Waals surface area (Å²) in [7, 11) is 0. The number of nitrogens with one attached hydrogen (secondary N) is 2. The molecule has 0 bridgehead atoms. The van der Waals surface area contributed by atoms with Crippen LogP contribution in [0.3, 0.4) is 0 Å². The van der Waals surface area contributed by atoms with Crippen LogP contribution in [-0.2, 0) is 12.7 Å². The number of hydrogen-bond donors (Lipinski definition) is 3. The number of halogens is 4. The van der Waals surface area contributed by atoms with Crippen molar-refractivity contribution < 1.29 is 22.4 Å². The van der Waals surface area contributed by atoms with Crippen LogP contribution in [-0.4, -0.2) is 20.6 Å². The molecule has 0 fully saturated rings. The van der Waals surface area contributed by atoms with Gasteiger partial charge in [-0.25, -0.2) is 25.3 Å². The Kier molecular flexibility index (Phi) is 5.77. The highest BCUT2D eigenvalue weighted by Crippen LogP contribution is 2.34. The molecule has 4 aromatic rings. The van der Waals surface area contributed by atoms with E-state index in [1.807, 2.05) is 0 Å². The third-order valence-corrected chi connectivity index (χ3v) is 4.90. The number of anilines is 3. The quantitative estimate of drug-likeness (QED) is 0.282. The van der Waals surface area contributed by atoms with Crippen molar-refractivity contribution in [3.05, 3.63) is 83.4 Å². The average molecular weight is 469 g/mol. The molecular weight excluding hydrogens is 454 g/mol. The molecule has 34 heavy (non-hydrogen) atoms. The van der Waals surface area contributed by atoms with Crippen LogP contribution in [0.2, 0.25) is 0 Å². The number of nitrogens with two attached hydrogens (primary N) is 1. The van der Waals surface area contributed by atoms with Gasteiger partial charge >= 0.3 is 12.2 Å². The lowest BCUT2D eigenvalue weighted by molar-refractivity contribution is -0.137. The molecule has 12 heteroatoms. The van der Waals surface area contributed by atoms with Crippen LogP contribution in [0, 0.1) is 12.4 Å². The average Bonchev–Trinajstić information content (AvgIpc) is 3.15. The summed E-state index contributed by atoms with van der Waals surface area (Å²) in [4.78, 5) is 19.6. The summed E-state index contributed by atoms with van der Waals surface area (Å²) < 4.78 is 54.0. The number of urea groups is 1. The largest absolute Gasteiger partial charge is 0.416 e. The summed E-state index contributed by atoms with van der Waals surface area (Å²) in [6.07, 6.45) is -1.70. The zero-order chi connectivity index (χ0) is 24.5. The molecule has 2 aromatic carbocycles. The summed E-state index contributed by atoms with van der Waals surface area (Å²) in [5.41, 5.74) is 7.16. The molecule has 2 heterocycles. The highest BCUT2D eigenvalue weighted by molar-refractivity contribution is 6.00. The molecule has 0 spiro atoms. The maximum absolute atomic E-state index is 13.9. The molecule has 0 aliphatic carbocycles. The van der Waals surface area contributed by atoms with Gasteiger partial charge in [-0.1, -0.05) is 12.1 Å². The Morgan fingerprint density at radius 1 is 1.15 bits per heavy atom. The molecule has 2 amide bonds. The first-order valence-electron chi connectivity index (χ1n) is 9.66. The highest BCUT2D eigenvalue weighted by Gasteiger charge is 2.31. The lowest BCUT2D eigenvalue weighted by atomic mass is 10.0. The maximum atomic E-state index is 13.9. The van der Waals surface area contributed by atoms with Crippen molar-refractivity contribution in [2.75, 3.05) is 16.4 Å². The number of carbonyl (C=O) groups is 1. The van der Waals surface area contributed by atoms with Crippen LogP contribution >= 0.6 is 0 Å². The van der Waals surface area contributed by atoms with Crippen LogP contribution in [0.15, 0.2) is 55.0 Å². The van der Waals surface area contributed by atoms with Crippen molar-refractivity contribution in [1.82, 2.24) is 14.6 Å². The first-order chi connectivity index (χ1) is 16.2. The van der Waals surface area contributed by atoms with E-state index in [1.165, 1.54) is 10.8 Å². The number of fused-ring (bicyclic) bond motifs is 1. The van der Waals surface area contributed by atoms with Crippen molar-refractivity contribution >= 4 is 28.7 Å². The van der Waals surface area contributed by atoms with E-state index in [0.717, 1.165) is 0 Å². The Balaban J connectivity index is 1.56. The zero-order valence-electron chi connectivity index (χ0n) is 17.2. The fourth-order valence-corrected chi connectivity index (χ4v) is 3.41. The molecule has 0 atom stereocenters. The molecule has 4 N–H and O–H groups in total. The summed E-state index contributed by atoms with van der Waals surface area (Å²) in [6.45, 7) is 7.28. The second-order valence-corrected chi connectivity index (χ2v) is 7.13. The fourth-order valence-electron chi connectivity index (χ4n) is 3.41. The molecule has 0 aliphatic rings. The molecule has 8 nitrogen and oxygen atoms in total. The van der Waals surface area contributed by atoms with Gasteiger partial charge in [0.15, 0.2) is 5.82 Å². The van der Waals surface area contributed by atoms with E-state index in [2.05, 4.69) is 25.6 Å². The molecular formula is C22H15F4N7O. The van der Waals surface area contributed by atoms with Crippen molar-refractivity contribution in [3.8, 4) is 11.1 Å². The van der Waals surface area contributed by atoms with E-state index < -0.39 is 29.3 Å². The molecule has 0 saturated carbocycles. The van der Waals surface area contributed by atoms with Gasteiger partial charge in [-0.2, -0.15) is 18.3 Å². The van der Waals surface area contributed by atoms with Crippen LogP contribution in [0.5, 0.6) is 0 Å². The molecule has 4 rings (SSSR count). The SMILES string of the molecule is [C-]#[N+]Cc1cn2ncnc(N)c2c1-c1ccc(NC(=O)Nc2cc(C(F)(F)F)ccc2F)cc1. The smallest absolute Gasteiger partial charge is 0.382 e. The number of benzene rings is 2. The first-order valence-corrected chi connectivity index (χ1v) is 9.66. The molecule has 2 aromatic heterocycles. The van der Waals surface area contributed by atoms with E-state index in [4.69, 9.17) is 12.3 Å². The van der Waals surface area contributed by atoms with Gasteiger partial charge in [-0.3, -0.25) is 0 Å². The first kappa shape index (κ1) is 22.5. The van der Waals surface area contributed by atoms with Gasteiger partial charge in [0.05, 0.1) is 16.8 Å². The van der Waals surface area contributed by atoms with Crippen LogP contribution < -0.4 is 16.4 Å². The monoisotopic (exact) mass is 469 g/mol. The predicted octanol–water partition coefficient (Wildman–Crippen LogP) is 5.20. The highest BCUT2D eigenvalue weighted by atomic mass is 19.4.